The maximum Gasteiger partial charge on any atom is 0.129 e. The van der Waals surface area contributed by atoms with Crippen LogP contribution in [0.1, 0.15) is 32.3 Å². The van der Waals surface area contributed by atoms with Crippen LogP contribution in [-0.4, -0.2) is 17.1 Å². The van der Waals surface area contributed by atoms with Gasteiger partial charge in [-0.3, -0.25) is 0 Å². The van der Waals surface area contributed by atoms with E-state index in [9.17, 15) is 0 Å². The van der Waals surface area contributed by atoms with E-state index in [1.54, 1.807) is 0 Å². The topological polar surface area (TPSA) is 50.9 Å². The minimum atomic E-state index is 0.0495. The molecule has 0 saturated heterocycles. The summed E-state index contributed by atoms with van der Waals surface area (Å²) in [5.41, 5.74) is 6.85. The van der Waals surface area contributed by atoms with Gasteiger partial charge in [0.2, 0.25) is 0 Å². The number of hydrogen-bond donors (Lipinski definition) is 2. The molecule has 0 aromatic carbocycles. The zero-order chi connectivity index (χ0) is 11.3. The van der Waals surface area contributed by atoms with Crippen LogP contribution in [0, 0.1) is 6.92 Å². The SMILES string of the molecule is CCC(C)(CCN)Nc1ncccc1C. The van der Waals surface area contributed by atoms with Crippen LogP contribution in [0.2, 0.25) is 0 Å². The number of nitrogens with two attached hydrogens (primary N) is 1. The summed E-state index contributed by atoms with van der Waals surface area (Å²) >= 11 is 0. The molecule has 84 valence electrons. The maximum atomic E-state index is 5.62. The standard InChI is InChI=1S/C12H21N3/c1-4-12(3,7-8-13)15-11-10(2)6-5-9-14-11/h5-6,9H,4,7-8,13H2,1-3H3,(H,14,15). The predicted molar refractivity (Wildman–Crippen MR) is 65.0 cm³/mol. The monoisotopic (exact) mass is 207 g/mol. The molecule has 1 aromatic rings. The molecule has 0 aliphatic carbocycles. The first-order chi connectivity index (χ1) is 7.11. The number of rotatable bonds is 5. The van der Waals surface area contributed by atoms with E-state index in [2.05, 4.69) is 37.1 Å². The average molecular weight is 207 g/mol. The van der Waals surface area contributed by atoms with Crippen molar-refractivity contribution in [2.75, 3.05) is 11.9 Å². The lowest BCUT2D eigenvalue weighted by Gasteiger charge is -2.30. The van der Waals surface area contributed by atoms with E-state index in [4.69, 9.17) is 5.73 Å². The number of nitrogens with one attached hydrogen (secondary N) is 1. The highest BCUT2D eigenvalue weighted by Crippen LogP contribution is 2.21. The first-order valence-electron chi connectivity index (χ1n) is 5.51. The van der Waals surface area contributed by atoms with Gasteiger partial charge < -0.3 is 11.1 Å². The Kier molecular flexibility index (Phi) is 4.09. The minimum Gasteiger partial charge on any atom is -0.365 e. The average Bonchev–Trinajstić information content (AvgIpc) is 2.22. The number of anilines is 1. The molecule has 3 heteroatoms. The molecule has 0 spiro atoms. The smallest absolute Gasteiger partial charge is 0.129 e. The lowest BCUT2D eigenvalue weighted by atomic mass is 9.94. The van der Waals surface area contributed by atoms with Gasteiger partial charge in [0.1, 0.15) is 5.82 Å². The first kappa shape index (κ1) is 12.0. The molecule has 1 aromatic heterocycles. The van der Waals surface area contributed by atoms with E-state index < -0.39 is 0 Å². The van der Waals surface area contributed by atoms with E-state index in [0.717, 1.165) is 18.7 Å². The Labute approximate surface area is 92.1 Å². The number of nitrogens with zero attached hydrogens (tertiary/aromatic N) is 1. The summed E-state index contributed by atoms with van der Waals surface area (Å²) in [5, 5.41) is 3.48. The number of aryl methyl sites for hydroxylation is 1. The Morgan fingerprint density at radius 2 is 2.27 bits per heavy atom. The molecule has 0 amide bonds. The molecule has 15 heavy (non-hydrogen) atoms. The largest absolute Gasteiger partial charge is 0.365 e. The summed E-state index contributed by atoms with van der Waals surface area (Å²) in [4.78, 5) is 4.34. The maximum absolute atomic E-state index is 5.62. The third-order valence-electron chi connectivity index (χ3n) is 2.91. The number of aromatic nitrogens is 1. The van der Waals surface area contributed by atoms with E-state index >= 15 is 0 Å². The summed E-state index contributed by atoms with van der Waals surface area (Å²) in [5.74, 6) is 0.968. The molecule has 0 bridgehead atoms. The van der Waals surface area contributed by atoms with Crippen LogP contribution < -0.4 is 11.1 Å². The van der Waals surface area contributed by atoms with Gasteiger partial charge in [0.05, 0.1) is 0 Å². The van der Waals surface area contributed by atoms with Gasteiger partial charge in [-0.15, -0.1) is 0 Å². The molecule has 0 aliphatic rings. The Balaban J connectivity index is 2.79. The van der Waals surface area contributed by atoms with Gasteiger partial charge in [0, 0.05) is 11.7 Å². The van der Waals surface area contributed by atoms with Crippen molar-refractivity contribution in [3.63, 3.8) is 0 Å². The fourth-order valence-electron chi connectivity index (χ4n) is 1.55. The molecule has 1 unspecified atom stereocenters. The molecule has 0 fully saturated rings. The summed E-state index contributed by atoms with van der Waals surface area (Å²) in [6.07, 6.45) is 3.81. The van der Waals surface area contributed by atoms with Crippen molar-refractivity contribution in [3.8, 4) is 0 Å². The van der Waals surface area contributed by atoms with Crippen molar-refractivity contribution in [1.82, 2.24) is 4.98 Å². The highest BCUT2D eigenvalue weighted by molar-refractivity contribution is 5.44. The van der Waals surface area contributed by atoms with Crippen LogP contribution in [0.3, 0.4) is 0 Å². The van der Waals surface area contributed by atoms with Gasteiger partial charge in [0.25, 0.3) is 0 Å². The first-order valence-corrected chi connectivity index (χ1v) is 5.51. The van der Waals surface area contributed by atoms with Crippen molar-refractivity contribution in [1.29, 1.82) is 0 Å². The molecule has 0 radical (unpaired) electrons. The van der Waals surface area contributed by atoms with Gasteiger partial charge in [0.15, 0.2) is 0 Å². The Morgan fingerprint density at radius 3 is 2.80 bits per heavy atom. The Morgan fingerprint density at radius 1 is 1.53 bits per heavy atom. The zero-order valence-electron chi connectivity index (χ0n) is 9.88. The molecule has 3 N–H and O–H groups in total. The van der Waals surface area contributed by atoms with Crippen LogP contribution in [-0.2, 0) is 0 Å². The lowest BCUT2D eigenvalue weighted by molar-refractivity contribution is 0.461. The molecule has 3 nitrogen and oxygen atoms in total. The molecule has 1 atom stereocenters. The Bertz CT molecular complexity index is 311. The fourth-order valence-corrected chi connectivity index (χ4v) is 1.55. The lowest BCUT2D eigenvalue weighted by Crippen LogP contribution is -2.36. The predicted octanol–water partition coefficient (Wildman–Crippen LogP) is 2.32. The molecule has 0 aliphatic heterocycles. The second-order valence-electron chi connectivity index (χ2n) is 4.25. The van der Waals surface area contributed by atoms with Crippen molar-refractivity contribution < 1.29 is 0 Å². The number of pyridine rings is 1. The van der Waals surface area contributed by atoms with Crippen LogP contribution in [0.15, 0.2) is 18.3 Å². The second-order valence-corrected chi connectivity index (χ2v) is 4.25. The second kappa shape index (κ2) is 5.12. The van der Waals surface area contributed by atoms with E-state index in [0.29, 0.717) is 6.54 Å². The third-order valence-corrected chi connectivity index (χ3v) is 2.91. The summed E-state index contributed by atoms with van der Waals surface area (Å²) in [6.45, 7) is 7.12. The summed E-state index contributed by atoms with van der Waals surface area (Å²) in [7, 11) is 0. The minimum absolute atomic E-state index is 0.0495. The van der Waals surface area contributed by atoms with Crippen LogP contribution in [0.25, 0.3) is 0 Å². The van der Waals surface area contributed by atoms with E-state index in [1.807, 2.05) is 12.3 Å². The van der Waals surface area contributed by atoms with Crippen molar-refractivity contribution >= 4 is 5.82 Å². The molecule has 1 heterocycles. The number of hydrogen-bond acceptors (Lipinski definition) is 3. The van der Waals surface area contributed by atoms with Crippen molar-refractivity contribution in [2.24, 2.45) is 5.73 Å². The highest BCUT2D eigenvalue weighted by Gasteiger charge is 2.21. The van der Waals surface area contributed by atoms with Crippen LogP contribution in [0.4, 0.5) is 5.82 Å². The zero-order valence-corrected chi connectivity index (χ0v) is 9.88. The summed E-state index contributed by atoms with van der Waals surface area (Å²) in [6, 6.07) is 4.01. The van der Waals surface area contributed by atoms with Crippen LogP contribution >= 0.6 is 0 Å². The highest BCUT2D eigenvalue weighted by atomic mass is 15.0. The van der Waals surface area contributed by atoms with E-state index in [1.165, 1.54) is 5.56 Å². The van der Waals surface area contributed by atoms with Crippen LogP contribution in [0.5, 0.6) is 0 Å². The van der Waals surface area contributed by atoms with Gasteiger partial charge in [-0.25, -0.2) is 4.98 Å². The molecule has 0 saturated carbocycles. The normalized spacial score (nSPS) is 14.7. The summed E-state index contributed by atoms with van der Waals surface area (Å²) < 4.78 is 0. The Hall–Kier alpha value is -1.09. The van der Waals surface area contributed by atoms with Crippen molar-refractivity contribution in [2.45, 2.75) is 39.2 Å². The quantitative estimate of drug-likeness (QED) is 0.779. The molecular weight excluding hydrogens is 186 g/mol. The fraction of sp³-hybridized carbons (Fsp3) is 0.583. The molecule has 1 rings (SSSR count). The van der Waals surface area contributed by atoms with Gasteiger partial charge in [-0.1, -0.05) is 13.0 Å². The van der Waals surface area contributed by atoms with Crippen molar-refractivity contribution in [3.05, 3.63) is 23.9 Å². The van der Waals surface area contributed by atoms with E-state index in [-0.39, 0.29) is 5.54 Å². The molecular formula is C12H21N3. The third kappa shape index (κ3) is 3.20. The van der Waals surface area contributed by atoms with Gasteiger partial charge in [-0.2, -0.15) is 0 Å². The van der Waals surface area contributed by atoms with Gasteiger partial charge in [-0.05, 0) is 44.9 Å². The van der Waals surface area contributed by atoms with Gasteiger partial charge >= 0.3 is 0 Å².